The molecule has 3 nitrogen and oxygen atoms in total. The second-order valence-electron chi connectivity index (χ2n) is 5.14. The van der Waals surface area contributed by atoms with Crippen molar-refractivity contribution in [2.45, 2.75) is 19.3 Å². The molecule has 0 bridgehead atoms. The first kappa shape index (κ1) is 17.5. The molecule has 0 aliphatic heterocycles. The van der Waals surface area contributed by atoms with Crippen LogP contribution in [0.2, 0.25) is 0 Å². The smallest absolute Gasteiger partial charge is 0.220 e. The lowest BCUT2D eigenvalue weighted by Crippen LogP contribution is -2.25. The third-order valence-electron chi connectivity index (χ3n) is 3.26. The summed E-state index contributed by atoms with van der Waals surface area (Å²) in [6, 6.07) is 13.9. The minimum absolute atomic E-state index is 0.00459. The van der Waals surface area contributed by atoms with Gasteiger partial charge in [-0.25, -0.2) is 4.39 Å². The van der Waals surface area contributed by atoms with Crippen LogP contribution in [0.1, 0.15) is 18.4 Å². The second kappa shape index (κ2) is 9.30. The van der Waals surface area contributed by atoms with Gasteiger partial charge in [-0.05, 0) is 48.7 Å². The molecule has 0 saturated carbocycles. The first-order chi connectivity index (χ1) is 11.1. The van der Waals surface area contributed by atoms with Crippen LogP contribution in [-0.4, -0.2) is 19.1 Å². The van der Waals surface area contributed by atoms with E-state index in [1.165, 1.54) is 12.1 Å². The van der Waals surface area contributed by atoms with Gasteiger partial charge in [0, 0.05) is 17.4 Å². The van der Waals surface area contributed by atoms with Crippen LogP contribution in [0, 0.1) is 5.82 Å². The van der Waals surface area contributed by atoms with Crippen molar-refractivity contribution in [3.63, 3.8) is 0 Å². The summed E-state index contributed by atoms with van der Waals surface area (Å²) in [7, 11) is 0. The topological polar surface area (TPSA) is 38.3 Å². The van der Waals surface area contributed by atoms with Crippen LogP contribution >= 0.6 is 15.9 Å². The molecule has 0 fully saturated rings. The van der Waals surface area contributed by atoms with Gasteiger partial charge in [-0.15, -0.1) is 0 Å². The van der Waals surface area contributed by atoms with Crippen LogP contribution in [-0.2, 0) is 11.2 Å². The van der Waals surface area contributed by atoms with Gasteiger partial charge in [0.1, 0.15) is 11.6 Å². The molecule has 0 heterocycles. The Morgan fingerprint density at radius 3 is 2.70 bits per heavy atom. The van der Waals surface area contributed by atoms with Crippen LogP contribution < -0.4 is 10.1 Å². The molecule has 0 saturated heterocycles. The first-order valence-corrected chi connectivity index (χ1v) is 8.32. The van der Waals surface area contributed by atoms with E-state index in [0.29, 0.717) is 32.4 Å². The van der Waals surface area contributed by atoms with Crippen LogP contribution in [0.5, 0.6) is 5.75 Å². The highest BCUT2D eigenvalue weighted by atomic mass is 79.9. The third kappa shape index (κ3) is 6.82. The number of hydrogen-bond acceptors (Lipinski definition) is 2. The second-order valence-corrected chi connectivity index (χ2v) is 6.05. The Kier molecular flexibility index (Phi) is 7.07. The minimum Gasteiger partial charge on any atom is -0.494 e. The lowest BCUT2D eigenvalue weighted by molar-refractivity contribution is -0.121. The number of carbonyl (C=O) groups excluding carboxylic acids is 1. The van der Waals surface area contributed by atoms with E-state index < -0.39 is 0 Å². The summed E-state index contributed by atoms with van der Waals surface area (Å²) in [5.74, 6) is 0.546. The zero-order valence-corrected chi connectivity index (χ0v) is 14.3. The number of hydrogen-bond donors (Lipinski definition) is 1. The molecular weight excluding hydrogens is 361 g/mol. The van der Waals surface area contributed by atoms with Crippen LogP contribution in [0.25, 0.3) is 0 Å². The van der Waals surface area contributed by atoms with Crippen molar-refractivity contribution in [3.05, 3.63) is 64.4 Å². The van der Waals surface area contributed by atoms with Gasteiger partial charge in [-0.2, -0.15) is 0 Å². The molecule has 5 heteroatoms. The molecule has 2 rings (SSSR count). The zero-order valence-electron chi connectivity index (χ0n) is 12.7. The number of nitrogens with one attached hydrogen (secondary N) is 1. The quantitative estimate of drug-likeness (QED) is 0.701. The molecule has 1 amide bonds. The predicted octanol–water partition coefficient (Wildman–Crippen LogP) is 4.11. The summed E-state index contributed by atoms with van der Waals surface area (Å²) in [6.45, 7) is 1.05. The molecule has 0 atom stereocenters. The largest absolute Gasteiger partial charge is 0.494 e. The van der Waals surface area contributed by atoms with Crippen molar-refractivity contribution < 1.29 is 13.9 Å². The lowest BCUT2D eigenvalue weighted by atomic mass is 10.1. The van der Waals surface area contributed by atoms with E-state index in [1.54, 1.807) is 12.1 Å². The molecule has 0 unspecified atom stereocenters. The summed E-state index contributed by atoms with van der Waals surface area (Å²) >= 11 is 3.38. The maximum atomic E-state index is 12.8. The van der Waals surface area contributed by atoms with Crippen molar-refractivity contribution in [2.75, 3.05) is 13.2 Å². The number of benzene rings is 2. The summed E-state index contributed by atoms with van der Waals surface area (Å²) in [6.07, 6.45) is 1.78. The molecule has 0 aliphatic rings. The summed E-state index contributed by atoms with van der Waals surface area (Å²) in [4.78, 5) is 11.7. The van der Waals surface area contributed by atoms with Gasteiger partial charge in [-0.3, -0.25) is 4.79 Å². The molecule has 2 aromatic rings. The van der Waals surface area contributed by atoms with Gasteiger partial charge < -0.3 is 10.1 Å². The van der Waals surface area contributed by atoms with Crippen molar-refractivity contribution in [1.82, 2.24) is 5.32 Å². The van der Waals surface area contributed by atoms with Crippen LogP contribution in [0.3, 0.4) is 0 Å². The van der Waals surface area contributed by atoms with Crippen LogP contribution in [0.4, 0.5) is 4.39 Å². The fourth-order valence-corrected chi connectivity index (χ4v) is 2.44. The van der Waals surface area contributed by atoms with E-state index in [4.69, 9.17) is 4.74 Å². The SMILES string of the molecule is O=C(CCCOc1cccc(Br)c1)NCCc1ccc(F)cc1. The average Bonchev–Trinajstić information content (AvgIpc) is 2.54. The van der Waals surface area contributed by atoms with Gasteiger partial charge in [0.2, 0.25) is 5.91 Å². The first-order valence-electron chi connectivity index (χ1n) is 7.53. The van der Waals surface area contributed by atoms with Crippen molar-refractivity contribution in [3.8, 4) is 5.75 Å². The molecule has 122 valence electrons. The molecule has 0 spiro atoms. The normalized spacial score (nSPS) is 10.3. The van der Waals surface area contributed by atoms with Gasteiger partial charge in [0.15, 0.2) is 0 Å². The summed E-state index contributed by atoms with van der Waals surface area (Å²) < 4.78 is 19.3. The van der Waals surface area contributed by atoms with E-state index >= 15 is 0 Å². The monoisotopic (exact) mass is 379 g/mol. The Morgan fingerprint density at radius 1 is 1.17 bits per heavy atom. The molecule has 0 aliphatic carbocycles. The van der Waals surface area contributed by atoms with Crippen molar-refractivity contribution in [2.24, 2.45) is 0 Å². The molecular formula is C18H19BrFNO2. The fraction of sp³-hybridized carbons (Fsp3) is 0.278. The number of amides is 1. The Bertz CT molecular complexity index is 631. The highest BCUT2D eigenvalue weighted by Crippen LogP contribution is 2.17. The molecule has 2 aromatic carbocycles. The maximum Gasteiger partial charge on any atom is 0.220 e. The number of carbonyl (C=O) groups is 1. The average molecular weight is 380 g/mol. The zero-order chi connectivity index (χ0) is 16.5. The summed E-state index contributed by atoms with van der Waals surface area (Å²) in [5.41, 5.74) is 1.00. The Hall–Kier alpha value is -1.88. The molecule has 0 aromatic heterocycles. The van der Waals surface area contributed by atoms with E-state index in [1.807, 2.05) is 24.3 Å². The van der Waals surface area contributed by atoms with E-state index in [-0.39, 0.29) is 11.7 Å². The van der Waals surface area contributed by atoms with E-state index in [0.717, 1.165) is 15.8 Å². The van der Waals surface area contributed by atoms with Crippen molar-refractivity contribution in [1.29, 1.82) is 0 Å². The Balaban J connectivity index is 1.57. The Morgan fingerprint density at radius 2 is 1.96 bits per heavy atom. The van der Waals surface area contributed by atoms with E-state index in [9.17, 15) is 9.18 Å². The molecule has 0 radical (unpaired) electrons. The lowest BCUT2D eigenvalue weighted by Gasteiger charge is -2.07. The molecule has 23 heavy (non-hydrogen) atoms. The maximum absolute atomic E-state index is 12.8. The van der Waals surface area contributed by atoms with Gasteiger partial charge >= 0.3 is 0 Å². The van der Waals surface area contributed by atoms with Gasteiger partial charge in [0.05, 0.1) is 6.61 Å². The minimum atomic E-state index is -0.247. The standard InChI is InChI=1S/C18H19BrFNO2/c19-15-3-1-4-17(13-15)23-12-2-5-18(22)21-11-10-14-6-8-16(20)9-7-14/h1,3-4,6-9,13H,2,5,10-12H2,(H,21,22). The number of rotatable bonds is 8. The van der Waals surface area contributed by atoms with Gasteiger partial charge in [-0.1, -0.05) is 34.1 Å². The van der Waals surface area contributed by atoms with Crippen LogP contribution in [0.15, 0.2) is 53.0 Å². The number of halogens is 2. The number of ether oxygens (including phenoxy) is 1. The third-order valence-corrected chi connectivity index (χ3v) is 3.76. The fourth-order valence-electron chi connectivity index (χ4n) is 2.07. The molecule has 1 N–H and O–H groups in total. The highest BCUT2D eigenvalue weighted by molar-refractivity contribution is 9.10. The van der Waals surface area contributed by atoms with Crippen molar-refractivity contribution >= 4 is 21.8 Å². The Labute approximate surface area is 144 Å². The highest BCUT2D eigenvalue weighted by Gasteiger charge is 2.02. The van der Waals surface area contributed by atoms with Gasteiger partial charge in [0.25, 0.3) is 0 Å². The predicted molar refractivity (Wildman–Crippen MR) is 92.0 cm³/mol. The van der Waals surface area contributed by atoms with E-state index in [2.05, 4.69) is 21.2 Å². The summed E-state index contributed by atoms with van der Waals surface area (Å²) in [5, 5.41) is 2.86.